The van der Waals surface area contributed by atoms with Crippen LogP contribution in [-0.4, -0.2) is 45.4 Å². The Morgan fingerprint density at radius 1 is 1.33 bits per heavy atom. The maximum absolute atomic E-state index is 13.6. The number of imide groups is 1. The van der Waals surface area contributed by atoms with Gasteiger partial charge in [-0.05, 0) is 55.9 Å². The number of nitrogens with one attached hydrogen (secondary N) is 1. The van der Waals surface area contributed by atoms with E-state index in [1.165, 1.54) is 17.0 Å². The third-order valence-corrected chi connectivity index (χ3v) is 5.98. The lowest BCUT2D eigenvalue weighted by Gasteiger charge is -2.34. The minimum absolute atomic E-state index is 0.0371. The van der Waals surface area contributed by atoms with Crippen LogP contribution in [-0.2, 0) is 11.2 Å². The van der Waals surface area contributed by atoms with Gasteiger partial charge in [0.2, 0.25) is 0 Å². The third kappa shape index (κ3) is 1.58. The highest BCUT2D eigenvalue weighted by molar-refractivity contribution is 6.08. The molecule has 24 heavy (non-hydrogen) atoms. The first-order chi connectivity index (χ1) is 11.5. The van der Waals surface area contributed by atoms with E-state index >= 15 is 0 Å². The molecule has 1 spiro atoms. The Bertz CT molecular complexity index is 894. The predicted octanol–water partition coefficient (Wildman–Crippen LogP) is 2.58. The standard InChI is InChI=1S/C18H18FN3O2/c1-10-13(14-6-12(19)2-3-15(14)20-10)4-5-21-16(23)18-7-11(8-18)9-22(18)17(21)24/h2-3,6,11,20H,4-5,7-9H2,1H3. The van der Waals surface area contributed by atoms with Crippen molar-refractivity contribution in [2.45, 2.75) is 31.7 Å². The summed E-state index contributed by atoms with van der Waals surface area (Å²) in [7, 11) is 0. The molecular formula is C18H18FN3O2. The first-order valence-electron chi connectivity index (χ1n) is 8.40. The lowest BCUT2D eigenvalue weighted by molar-refractivity contribution is -0.135. The summed E-state index contributed by atoms with van der Waals surface area (Å²) in [5.41, 5.74) is 2.28. The second-order valence-electron chi connectivity index (χ2n) is 7.32. The van der Waals surface area contributed by atoms with Crippen LogP contribution < -0.4 is 0 Å². The summed E-state index contributed by atoms with van der Waals surface area (Å²) in [5, 5.41) is 0.828. The van der Waals surface area contributed by atoms with Crippen LogP contribution >= 0.6 is 0 Å². The van der Waals surface area contributed by atoms with Crippen molar-refractivity contribution in [3.63, 3.8) is 0 Å². The number of hydrogen-bond acceptors (Lipinski definition) is 2. The van der Waals surface area contributed by atoms with Gasteiger partial charge in [0.25, 0.3) is 5.91 Å². The van der Waals surface area contributed by atoms with Crippen molar-refractivity contribution in [2.24, 2.45) is 5.92 Å². The van der Waals surface area contributed by atoms with Gasteiger partial charge in [-0.1, -0.05) is 0 Å². The molecule has 6 heteroatoms. The molecule has 3 saturated heterocycles. The molecule has 6 rings (SSSR count). The Balaban J connectivity index is 1.42. The average molecular weight is 327 g/mol. The number of carbonyl (C=O) groups is 2. The number of halogens is 1. The maximum Gasteiger partial charge on any atom is 0.327 e. The molecule has 0 atom stereocenters. The number of aryl methyl sites for hydroxylation is 1. The number of amides is 3. The summed E-state index contributed by atoms with van der Waals surface area (Å²) in [6.45, 7) is 3.01. The molecule has 1 saturated carbocycles. The van der Waals surface area contributed by atoms with E-state index in [0.29, 0.717) is 18.9 Å². The first-order valence-corrected chi connectivity index (χ1v) is 8.40. The molecule has 1 aromatic carbocycles. The van der Waals surface area contributed by atoms with Gasteiger partial charge in [-0.2, -0.15) is 0 Å². The van der Waals surface area contributed by atoms with E-state index in [4.69, 9.17) is 0 Å². The molecule has 124 valence electrons. The van der Waals surface area contributed by atoms with Crippen LogP contribution in [0.2, 0.25) is 0 Å². The molecule has 1 N–H and O–H groups in total. The van der Waals surface area contributed by atoms with Gasteiger partial charge in [0.15, 0.2) is 0 Å². The monoisotopic (exact) mass is 327 g/mol. The fourth-order valence-corrected chi connectivity index (χ4v) is 4.81. The lowest BCUT2D eigenvalue weighted by Crippen LogP contribution is -2.49. The zero-order valence-electron chi connectivity index (χ0n) is 13.4. The number of benzene rings is 1. The largest absolute Gasteiger partial charge is 0.358 e. The highest BCUT2D eigenvalue weighted by Crippen LogP contribution is 2.54. The molecule has 4 aliphatic rings. The van der Waals surface area contributed by atoms with Gasteiger partial charge in [0, 0.05) is 29.7 Å². The van der Waals surface area contributed by atoms with Gasteiger partial charge in [-0.25, -0.2) is 9.18 Å². The number of carbonyl (C=O) groups excluding carboxylic acids is 2. The highest BCUT2D eigenvalue weighted by atomic mass is 19.1. The van der Waals surface area contributed by atoms with Gasteiger partial charge in [-0.3, -0.25) is 9.69 Å². The molecule has 2 bridgehead atoms. The Morgan fingerprint density at radius 3 is 2.88 bits per heavy atom. The SMILES string of the molecule is Cc1[nH]c2ccc(F)cc2c1CCN1C(=O)N2CC3CC2(C3)C1=O. The highest BCUT2D eigenvalue weighted by Gasteiger charge is 2.68. The minimum Gasteiger partial charge on any atom is -0.358 e. The van der Waals surface area contributed by atoms with Gasteiger partial charge in [0.05, 0.1) is 0 Å². The molecule has 0 radical (unpaired) electrons. The van der Waals surface area contributed by atoms with Crippen LogP contribution in [0.25, 0.3) is 10.9 Å². The summed E-state index contributed by atoms with van der Waals surface area (Å²) in [6, 6.07) is 4.51. The summed E-state index contributed by atoms with van der Waals surface area (Å²) in [6.07, 6.45) is 2.19. The van der Waals surface area contributed by atoms with Crippen molar-refractivity contribution in [3.05, 3.63) is 35.3 Å². The quantitative estimate of drug-likeness (QED) is 0.881. The number of nitrogens with zero attached hydrogens (tertiary/aromatic N) is 2. The van der Waals surface area contributed by atoms with Gasteiger partial charge >= 0.3 is 6.03 Å². The van der Waals surface area contributed by atoms with E-state index in [1.54, 1.807) is 11.0 Å². The van der Waals surface area contributed by atoms with E-state index in [2.05, 4.69) is 4.98 Å². The topological polar surface area (TPSA) is 56.4 Å². The zero-order valence-corrected chi connectivity index (χ0v) is 13.4. The second kappa shape index (κ2) is 4.37. The van der Waals surface area contributed by atoms with Crippen molar-refractivity contribution < 1.29 is 14.0 Å². The molecule has 2 aromatic rings. The molecule has 1 aromatic heterocycles. The normalized spacial score (nSPS) is 28.0. The Hall–Kier alpha value is -2.37. The number of H-pyrrole nitrogens is 1. The summed E-state index contributed by atoms with van der Waals surface area (Å²) in [5.74, 6) is 0.194. The maximum atomic E-state index is 13.6. The fraction of sp³-hybridized carbons (Fsp3) is 0.444. The van der Waals surface area contributed by atoms with Crippen LogP contribution in [0, 0.1) is 18.7 Å². The number of aromatic nitrogens is 1. The number of rotatable bonds is 3. The molecule has 5 nitrogen and oxygen atoms in total. The van der Waals surface area contributed by atoms with E-state index in [9.17, 15) is 14.0 Å². The predicted molar refractivity (Wildman–Crippen MR) is 86.0 cm³/mol. The number of fused-ring (bicyclic) bond motifs is 1. The minimum atomic E-state index is -0.525. The summed E-state index contributed by atoms with van der Waals surface area (Å²) < 4.78 is 13.6. The van der Waals surface area contributed by atoms with Gasteiger partial charge in [-0.15, -0.1) is 0 Å². The Labute approximate surface area is 138 Å². The van der Waals surface area contributed by atoms with E-state index in [1.807, 2.05) is 6.92 Å². The number of hydrogen-bond donors (Lipinski definition) is 1. The molecule has 4 heterocycles. The van der Waals surface area contributed by atoms with Crippen molar-refractivity contribution in [1.29, 1.82) is 0 Å². The molecule has 3 amide bonds. The van der Waals surface area contributed by atoms with Crippen LogP contribution in [0.15, 0.2) is 18.2 Å². The van der Waals surface area contributed by atoms with Crippen LogP contribution in [0.5, 0.6) is 0 Å². The van der Waals surface area contributed by atoms with E-state index in [-0.39, 0.29) is 17.8 Å². The zero-order chi connectivity index (χ0) is 16.6. The Kier molecular flexibility index (Phi) is 2.55. The van der Waals surface area contributed by atoms with Crippen LogP contribution in [0.3, 0.4) is 0 Å². The Morgan fingerprint density at radius 2 is 2.12 bits per heavy atom. The molecule has 3 aliphatic heterocycles. The number of urea groups is 1. The molecule has 1 aliphatic carbocycles. The molecule has 4 fully saturated rings. The van der Waals surface area contributed by atoms with Crippen molar-refractivity contribution in [2.75, 3.05) is 13.1 Å². The smallest absolute Gasteiger partial charge is 0.327 e. The van der Waals surface area contributed by atoms with E-state index < -0.39 is 5.54 Å². The molecule has 0 unspecified atom stereocenters. The van der Waals surface area contributed by atoms with E-state index in [0.717, 1.165) is 41.5 Å². The number of aromatic amines is 1. The van der Waals surface area contributed by atoms with Gasteiger partial charge < -0.3 is 9.88 Å². The van der Waals surface area contributed by atoms with Gasteiger partial charge in [0.1, 0.15) is 11.4 Å². The third-order valence-electron chi connectivity index (χ3n) is 5.98. The fourth-order valence-electron chi connectivity index (χ4n) is 4.81. The average Bonchev–Trinajstić information content (AvgIpc) is 3.20. The first kappa shape index (κ1) is 14.0. The second-order valence-corrected chi connectivity index (χ2v) is 7.32. The van der Waals surface area contributed by atoms with Crippen molar-refractivity contribution in [3.8, 4) is 0 Å². The van der Waals surface area contributed by atoms with Crippen LogP contribution in [0.1, 0.15) is 24.1 Å². The van der Waals surface area contributed by atoms with Crippen molar-refractivity contribution in [1.82, 2.24) is 14.8 Å². The molecular weight excluding hydrogens is 309 g/mol. The summed E-state index contributed by atoms with van der Waals surface area (Å²) in [4.78, 5) is 31.7. The lowest BCUT2D eigenvalue weighted by atomic mass is 9.73. The van der Waals surface area contributed by atoms with Crippen molar-refractivity contribution >= 4 is 22.8 Å². The summed E-state index contributed by atoms with van der Waals surface area (Å²) >= 11 is 0. The van der Waals surface area contributed by atoms with Crippen LogP contribution in [0.4, 0.5) is 9.18 Å².